The lowest BCUT2D eigenvalue weighted by atomic mass is 9.94. The van der Waals surface area contributed by atoms with E-state index >= 15 is 0 Å². The van der Waals surface area contributed by atoms with Crippen LogP contribution in [-0.4, -0.2) is 30.6 Å². The molecule has 2 N–H and O–H groups in total. The first-order valence-electron chi connectivity index (χ1n) is 4.75. The largest absolute Gasteiger partial charge is 0.327 e. The SMILES string of the molecule is CCN1CCCC2(CC2N)C1. The second-order valence-corrected chi connectivity index (χ2v) is 4.15. The van der Waals surface area contributed by atoms with Gasteiger partial charge in [-0.3, -0.25) is 0 Å². The summed E-state index contributed by atoms with van der Waals surface area (Å²) in [5, 5.41) is 0. The van der Waals surface area contributed by atoms with Crippen molar-refractivity contribution < 1.29 is 0 Å². The molecule has 2 atom stereocenters. The fourth-order valence-corrected chi connectivity index (χ4v) is 2.38. The molecular weight excluding hydrogens is 136 g/mol. The molecule has 2 fully saturated rings. The van der Waals surface area contributed by atoms with E-state index in [4.69, 9.17) is 5.73 Å². The molecule has 1 heterocycles. The molecule has 2 unspecified atom stereocenters. The van der Waals surface area contributed by atoms with E-state index < -0.39 is 0 Å². The Morgan fingerprint density at radius 2 is 2.36 bits per heavy atom. The van der Waals surface area contributed by atoms with Gasteiger partial charge in [0.2, 0.25) is 0 Å². The van der Waals surface area contributed by atoms with Crippen LogP contribution >= 0.6 is 0 Å². The minimum Gasteiger partial charge on any atom is -0.327 e. The molecule has 2 nitrogen and oxygen atoms in total. The Morgan fingerprint density at radius 1 is 1.64 bits per heavy atom. The van der Waals surface area contributed by atoms with E-state index in [0.29, 0.717) is 11.5 Å². The zero-order valence-electron chi connectivity index (χ0n) is 7.34. The molecule has 1 saturated heterocycles. The first-order chi connectivity index (χ1) is 5.27. The highest BCUT2D eigenvalue weighted by Gasteiger charge is 2.53. The Bertz CT molecular complexity index is 158. The first kappa shape index (κ1) is 7.56. The van der Waals surface area contributed by atoms with E-state index in [9.17, 15) is 0 Å². The summed E-state index contributed by atoms with van der Waals surface area (Å²) in [5.74, 6) is 0. The summed E-state index contributed by atoms with van der Waals surface area (Å²) in [7, 11) is 0. The average molecular weight is 154 g/mol. The second kappa shape index (κ2) is 2.46. The molecule has 0 amide bonds. The van der Waals surface area contributed by atoms with E-state index in [0.717, 1.165) is 0 Å². The van der Waals surface area contributed by atoms with Gasteiger partial charge in [0.1, 0.15) is 0 Å². The molecule has 2 aliphatic rings. The second-order valence-electron chi connectivity index (χ2n) is 4.15. The molecule has 0 bridgehead atoms. The zero-order valence-corrected chi connectivity index (χ0v) is 7.34. The van der Waals surface area contributed by atoms with Gasteiger partial charge in [-0.05, 0) is 37.8 Å². The van der Waals surface area contributed by atoms with Gasteiger partial charge >= 0.3 is 0 Å². The molecule has 1 saturated carbocycles. The van der Waals surface area contributed by atoms with Crippen LogP contribution in [0.15, 0.2) is 0 Å². The normalized spacial score (nSPS) is 44.7. The van der Waals surface area contributed by atoms with Crippen LogP contribution in [0.25, 0.3) is 0 Å². The molecule has 1 aliphatic carbocycles. The van der Waals surface area contributed by atoms with Gasteiger partial charge in [0, 0.05) is 12.6 Å². The minimum atomic E-state index is 0.525. The van der Waals surface area contributed by atoms with E-state index in [1.54, 1.807) is 0 Å². The Kier molecular flexibility index (Phi) is 1.69. The molecule has 0 aromatic heterocycles. The van der Waals surface area contributed by atoms with Crippen molar-refractivity contribution >= 4 is 0 Å². The first-order valence-corrected chi connectivity index (χ1v) is 4.75. The summed E-state index contributed by atoms with van der Waals surface area (Å²) < 4.78 is 0. The molecule has 0 radical (unpaired) electrons. The van der Waals surface area contributed by atoms with Crippen molar-refractivity contribution in [3.05, 3.63) is 0 Å². The van der Waals surface area contributed by atoms with Crippen molar-refractivity contribution in [2.45, 2.75) is 32.2 Å². The van der Waals surface area contributed by atoms with Gasteiger partial charge in [-0.25, -0.2) is 0 Å². The predicted octanol–water partition coefficient (Wildman–Crippen LogP) is 0.820. The van der Waals surface area contributed by atoms with E-state index in [1.807, 2.05) is 0 Å². The van der Waals surface area contributed by atoms with Crippen molar-refractivity contribution in [3.8, 4) is 0 Å². The molecule has 1 aliphatic heterocycles. The van der Waals surface area contributed by atoms with Crippen LogP contribution in [0, 0.1) is 5.41 Å². The molecule has 11 heavy (non-hydrogen) atoms. The average Bonchev–Trinajstić information content (AvgIpc) is 2.61. The number of nitrogens with two attached hydrogens (primary N) is 1. The van der Waals surface area contributed by atoms with Gasteiger partial charge in [0.05, 0.1) is 0 Å². The molecule has 1 spiro atoms. The highest BCUT2D eigenvalue weighted by Crippen LogP contribution is 2.50. The summed E-state index contributed by atoms with van der Waals surface area (Å²) in [6.45, 7) is 6.01. The minimum absolute atomic E-state index is 0.525. The lowest BCUT2D eigenvalue weighted by molar-refractivity contribution is 0.165. The fraction of sp³-hybridized carbons (Fsp3) is 1.00. The summed E-state index contributed by atoms with van der Waals surface area (Å²) in [4.78, 5) is 2.54. The highest BCUT2D eigenvalue weighted by atomic mass is 15.1. The van der Waals surface area contributed by atoms with Crippen LogP contribution < -0.4 is 5.73 Å². The number of rotatable bonds is 1. The Hall–Kier alpha value is -0.0800. The summed E-state index contributed by atoms with van der Waals surface area (Å²) >= 11 is 0. The fourth-order valence-electron chi connectivity index (χ4n) is 2.38. The molecule has 64 valence electrons. The van der Waals surface area contributed by atoms with Crippen LogP contribution in [0.5, 0.6) is 0 Å². The molecule has 0 aromatic rings. The number of piperidine rings is 1. The van der Waals surface area contributed by atoms with Gasteiger partial charge in [-0.15, -0.1) is 0 Å². The molecular formula is C9H18N2. The predicted molar refractivity (Wildman–Crippen MR) is 46.4 cm³/mol. The number of hydrogen-bond acceptors (Lipinski definition) is 2. The van der Waals surface area contributed by atoms with E-state index in [2.05, 4.69) is 11.8 Å². The third kappa shape index (κ3) is 1.18. The van der Waals surface area contributed by atoms with Crippen LogP contribution in [0.2, 0.25) is 0 Å². The lowest BCUT2D eigenvalue weighted by Gasteiger charge is -2.32. The Balaban J connectivity index is 1.94. The van der Waals surface area contributed by atoms with Gasteiger partial charge in [0.25, 0.3) is 0 Å². The van der Waals surface area contributed by atoms with Crippen LogP contribution in [0.4, 0.5) is 0 Å². The number of nitrogens with zero attached hydrogens (tertiary/aromatic N) is 1. The zero-order chi connectivity index (χ0) is 7.90. The molecule has 2 heteroatoms. The number of likely N-dealkylation sites (tertiary alicyclic amines) is 1. The van der Waals surface area contributed by atoms with Crippen LogP contribution in [-0.2, 0) is 0 Å². The summed E-state index contributed by atoms with van der Waals surface area (Å²) in [5.41, 5.74) is 6.49. The van der Waals surface area contributed by atoms with Crippen molar-refractivity contribution in [1.82, 2.24) is 4.90 Å². The highest BCUT2D eigenvalue weighted by molar-refractivity contribution is 5.08. The monoisotopic (exact) mass is 154 g/mol. The van der Waals surface area contributed by atoms with Crippen molar-refractivity contribution in [1.29, 1.82) is 0 Å². The van der Waals surface area contributed by atoms with Gasteiger partial charge in [-0.2, -0.15) is 0 Å². The smallest absolute Gasteiger partial charge is 0.0115 e. The quantitative estimate of drug-likeness (QED) is 0.606. The van der Waals surface area contributed by atoms with Gasteiger partial charge in [-0.1, -0.05) is 6.92 Å². The summed E-state index contributed by atoms with van der Waals surface area (Å²) in [6.07, 6.45) is 4.02. The third-order valence-corrected chi connectivity index (χ3v) is 3.39. The molecule has 2 rings (SSSR count). The van der Waals surface area contributed by atoms with Crippen molar-refractivity contribution in [3.63, 3.8) is 0 Å². The van der Waals surface area contributed by atoms with E-state index in [-0.39, 0.29) is 0 Å². The maximum absolute atomic E-state index is 5.92. The topological polar surface area (TPSA) is 29.3 Å². The summed E-state index contributed by atoms with van der Waals surface area (Å²) in [6, 6.07) is 0.525. The van der Waals surface area contributed by atoms with Gasteiger partial charge in [0.15, 0.2) is 0 Å². The maximum atomic E-state index is 5.92. The van der Waals surface area contributed by atoms with Crippen LogP contribution in [0.1, 0.15) is 26.2 Å². The van der Waals surface area contributed by atoms with Crippen LogP contribution in [0.3, 0.4) is 0 Å². The Morgan fingerprint density at radius 3 is 2.91 bits per heavy atom. The standard InChI is InChI=1S/C9H18N2/c1-2-11-5-3-4-9(7-11)6-8(9)10/h8H,2-7,10H2,1H3. The van der Waals surface area contributed by atoms with E-state index in [1.165, 1.54) is 38.9 Å². The third-order valence-electron chi connectivity index (χ3n) is 3.39. The molecule has 0 aromatic carbocycles. The lowest BCUT2D eigenvalue weighted by Crippen LogP contribution is -2.38. The maximum Gasteiger partial charge on any atom is 0.0115 e. The number of hydrogen-bond donors (Lipinski definition) is 1. The van der Waals surface area contributed by atoms with Crippen molar-refractivity contribution in [2.24, 2.45) is 11.1 Å². The van der Waals surface area contributed by atoms with Crippen molar-refractivity contribution in [2.75, 3.05) is 19.6 Å². The van der Waals surface area contributed by atoms with Gasteiger partial charge < -0.3 is 10.6 Å². The Labute approximate surface area is 68.7 Å².